The van der Waals surface area contributed by atoms with Crippen LogP contribution in [0.2, 0.25) is 0 Å². The molecule has 0 aliphatic carbocycles. The molecule has 0 aromatic heterocycles. The van der Waals surface area contributed by atoms with Gasteiger partial charge in [0.15, 0.2) is 0 Å². The van der Waals surface area contributed by atoms with Crippen LogP contribution in [0, 0.1) is 0 Å². The van der Waals surface area contributed by atoms with Crippen molar-refractivity contribution in [2.45, 2.75) is 6.54 Å². The molecule has 1 aromatic carbocycles. The van der Waals surface area contributed by atoms with Gasteiger partial charge in [0.05, 0.1) is 0 Å². The van der Waals surface area contributed by atoms with Crippen molar-refractivity contribution in [1.29, 1.82) is 0 Å². The van der Waals surface area contributed by atoms with Crippen LogP contribution in [0.1, 0.15) is 5.56 Å². The average Bonchev–Trinajstić information content (AvgIpc) is 2.14. The van der Waals surface area contributed by atoms with E-state index in [-0.39, 0.29) is 0 Å². The summed E-state index contributed by atoms with van der Waals surface area (Å²) in [4.78, 5) is 3.88. The Kier molecular flexibility index (Phi) is 4.09. The number of rotatable bonds is 4. The predicted octanol–water partition coefficient (Wildman–Crippen LogP) is 1.48. The molecule has 12 heavy (non-hydrogen) atoms. The molecule has 0 unspecified atom stereocenters. The van der Waals surface area contributed by atoms with Gasteiger partial charge in [-0.1, -0.05) is 30.3 Å². The van der Waals surface area contributed by atoms with Gasteiger partial charge in [-0.05, 0) is 5.56 Å². The number of benzene rings is 1. The molecule has 0 aliphatic rings. The molecule has 1 N–H and O–H groups in total. The van der Waals surface area contributed by atoms with Gasteiger partial charge >= 0.3 is 0 Å². The first-order valence-corrected chi connectivity index (χ1v) is 4.09. The van der Waals surface area contributed by atoms with E-state index < -0.39 is 0 Å². The second-order valence-electron chi connectivity index (χ2n) is 2.56. The van der Waals surface area contributed by atoms with E-state index in [1.54, 1.807) is 7.05 Å². The van der Waals surface area contributed by atoms with E-state index in [0.717, 1.165) is 13.1 Å². The van der Waals surface area contributed by atoms with Gasteiger partial charge in [0, 0.05) is 26.4 Å². The Labute approximate surface area is 73.3 Å². The van der Waals surface area contributed by atoms with Gasteiger partial charge < -0.3 is 5.32 Å². The first-order valence-electron chi connectivity index (χ1n) is 4.09. The van der Waals surface area contributed by atoms with E-state index in [1.165, 1.54) is 5.56 Å². The molecule has 0 heterocycles. The van der Waals surface area contributed by atoms with Gasteiger partial charge in [0.1, 0.15) is 0 Å². The van der Waals surface area contributed by atoms with Crippen LogP contribution >= 0.6 is 0 Å². The molecule has 0 amide bonds. The van der Waals surface area contributed by atoms with E-state index in [1.807, 2.05) is 24.4 Å². The van der Waals surface area contributed by atoms with Crippen molar-refractivity contribution < 1.29 is 0 Å². The van der Waals surface area contributed by atoms with E-state index in [9.17, 15) is 0 Å². The van der Waals surface area contributed by atoms with Gasteiger partial charge in [0.2, 0.25) is 0 Å². The van der Waals surface area contributed by atoms with Crippen molar-refractivity contribution in [2.75, 3.05) is 13.6 Å². The molecule has 2 nitrogen and oxygen atoms in total. The number of nitrogens with one attached hydrogen (secondary N) is 1. The maximum absolute atomic E-state index is 3.88. The van der Waals surface area contributed by atoms with Crippen molar-refractivity contribution in [3.63, 3.8) is 0 Å². The van der Waals surface area contributed by atoms with Gasteiger partial charge in [0.25, 0.3) is 0 Å². The summed E-state index contributed by atoms with van der Waals surface area (Å²) in [5.41, 5.74) is 1.31. The standard InChI is InChI=1S/C10H14N2/c1-11-7-8-12-9-10-5-3-2-4-6-10/h2-7,12H,8-9H2,1H3. The lowest BCUT2D eigenvalue weighted by molar-refractivity contribution is 0.781. The molecule has 0 atom stereocenters. The minimum Gasteiger partial charge on any atom is -0.308 e. The molecule has 2 heteroatoms. The van der Waals surface area contributed by atoms with E-state index in [0.29, 0.717) is 0 Å². The summed E-state index contributed by atoms with van der Waals surface area (Å²) in [6.45, 7) is 1.75. The molecule has 0 fully saturated rings. The minimum atomic E-state index is 0.839. The molecular weight excluding hydrogens is 148 g/mol. The fourth-order valence-corrected chi connectivity index (χ4v) is 0.968. The summed E-state index contributed by atoms with van der Waals surface area (Å²) < 4.78 is 0. The van der Waals surface area contributed by atoms with Crippen LogP contribution in [0.5, 0.6) is 0 Å². The van der Waals surface area contributed by atoms with Crippen molar-refractivity contribution in [1.82, 2.24) is 5.32 Å². The zero-order chi connectivity index (χ0) is 8.65. The van der Waals surface area contributed by atoms with Crippen LogP contribution in [0.25, 0.3) is 0 Å². The lowest BCUT2D eigenvalue weighted by Crippen LogP contribution is -2.15. The number of nitrogens with zero attached hydrogens (tertiary/aromatic N) is 1. The maximum atomic E-state index is 3.88. The third-order valence-electron chi connectivity index (χ3n) is 1.59. The normalized spacial score (nSPS) is 10.8. The second kappa shape index (κ2) is 5.49. The van der Waals surface area contributed by atoms with Gasteiger partial charge in [-0.15, -0.1) is 0 Å². The third-order valence-corrected chi connectivity index (χ3v) is 1.59. The molecule has 64 valence electrons. The predicted molar refractivity (Wildman–Crippen MR) is 52.6 cm³/mol. The maximum Gasteiger partial charge on any atom is 0.0308 e. The first-order chi connectivity index (χ1) is 5.93. The first kappa shape index (κ1) is 8.94. The molecule has 0 aliphatic heterocycles. The van der Waals surface area contributed by atoms with Crippen LogP contribution in [0.4, 0.5) is 0 Å². The number of aliphatic imine (C=N–C) groups is 1. The molecule has 0 radical (unpaired) electrons. The fraction of sp³-hybridized carbons (Fsp3) is 0.300. The second-order valence-corrected chi connectivity index (χ2v) is 2.56. The van der Waals surface area contributed by atoms with Crippen LogP contribution in [-0.2, 0) is 6.54 Å². The topological polar surface area (TPSA) is 24.4 Å². The van der Waals surface area contributed by atoms with Gasteiger partial charge in [-0.2, -0.15) is 0 Å². The monoisotopic (exact) mass is 162 g/mol. The van der Waals surface area contributed by atoms with E-state index >= 15 is 0 Å². The van der Waals surface area contributed by atoms with E-state index in [2.05, 4.69) is 22.4 Å². The smallest absolute Gasteiger partial charge is 0.0308 e. The third kappa shape index (κ3) is 3.30. The Morgan fingerprint density at radius 2 is 2.08 bits per heavy atom. The molecule has 0 saturated carbocycles. The van der Waals surface area contributed by atoms with Crippen LogP contribution in [0.15, 0.2) is 35.3 Å². The molecule has 0 bridgehead atoms. The van der Waals surface area contributed by atoms with E-state index in [4.69, 9.17) is 0 Å². The number of hydrogen-bond acceptors (Lipinski definition) is 2. The SMILES string of the molecule is CN=CCNCc1ccccc1. The Balaban J connectivity index is 2.24. The van der Waals surface area contributed by atoms with Crippen molar-refractivity contribution in [3.05, 3.63) is 35.9 Å². The summed E-state index contributed by atoms with van der Waals surface area (Å²) in [6.07, 6.45) is 1.86. The quantitative estimate of drug-likeness (QED) is 0.526. The lowest BCUT2D eigenvalue weighted by atomic mass is 10.2. The van der Waals surface area contributed by atoms with Crippen LogP contribution in [0.3, 0.4) is 0 Å². The Hall–Kier alpha value is -1.15. The molecular formula is C10H14N2. The summed E-state index contributed by atoms with van der Waals surface area (Å²) in [5, 5.41) is 3.25. The highest BCUT2D eigenvalue weighted by atomic mass is 14.9. The average molecular weight is 162 g/mol. The highest BCUT2D eigenvalue weighted by Gasteiger charge is 1.87. The molecule has 0 saturated heterocycles. The molecule has 1 aromatic rings. The number of hydrogen-bond donors (Lipinski definition) is 1. The zero-order valence-corrected chi connectivity index (χ0v) is 7.33. The Morgan fingerprint density at radius 1 is 1.33 bits per heavy atom. The minimum absolute atomic E-state index is 0.839. The largest absolute Gasteiger partial charge is 0.308 e. The van der Waals surface area contributed by atoms with Crippen molar-refractivity contribution >= 4 is 6.21 Å². The Bertz CT molecular complexity index is 229. The van der Waals surface area contributed by atoms with Crippen molar-refractivity contribution in [3.8, 4) is 0 Å². The summed E-state index contributed by atoms with van der Waals surface area (Å²) in [5.74, 6) is 0. The van der Waals surface area contributed by atoms with Gasteiger partial charge in [-0.3, -0.25) is 4.99 Å². The van der Waals surface area contributed by atoms with Crippen LogP contribution in [-0.4, -0.2) is 19.8 Å². The Morgan fingerprint density at radius 3 is 2.75 bits per heavy atom. The molecule has 1 rings (SSSR count). The highest BCUT2D eigenvalue weighted by Crippen LogP contribution is 1.96. The summed E-state index contributed by atoms with van der Waals surface area (Å²) in [7, 11) is 1.78. The summed E-state index contributed by atoms with van der Waals surface area (Å²) >= 11 is 0. The summed E-state index contributed by atoms with van der Waals surface area (Å²) in [6, 6.07) is 10.3. The highest BCUT2D eigenvalue weighted by molar-refractivity contribution is 5.59. The van der Waals surface area contributed by atoms with Crippen LogP contribution < -0.4 is 5.32 Å². The zero-order valence-electron chi connectivity index (χ0n) is 7.33. The fourth-order valence-electron chi connectivity index (χ4n) is 0.968. The molecule has 0 spiro atoms. The lowest BCUT2D eigenvalue weighted by Gasteiger charge is -1.99. The van der Waals surface area contributed by atoms with Crippen molar-refractivity contribution in [2.24, 2.45) is 4.99 Å². The van der Waals surface area contributed by atoms with Gasteiger partial charge in [-0.25, -0.2) is 0 Å².